The third-order valence-electron chi connectivity index (χ3n) is 2.21. The van der Waals surface area contributed by atoms with Crippen molar-refractivity contribution >= 4 is 5.95 Å². The smallest absolute Gasteiger partial charge is 0.372 e. The Morgan fingerprint density at radius 3 is 2.56 bits per heavy atom. The predicted molar refractivity (Wildman–Crippen MR) is 60.4 cm³/mol. The van der Waals surface area contributed by atoms with Gasteiger partial charge in [-0.1, -0.05) is 0 Å². The van der Waals surface area contributed by atoms with Crippen LogP contribution in [0.5, 0.6) is 0 Å². The molecule has 0 amide bonds. The summed E-state index contributed by atoms with van der Waals surface area (Å²) in [6.07, 6.45) is -3.98. The molecule has 1 rings (SSSR count). The Morgan fingerprint density at radius 2 is 2.00 bits per heavy atom. The molecular formula is C10H17F3N4O. The standard InChI is InChI=1S/C10H17F3N4O/c1-3-14-9-16-15-8(17(9)4-2)5-6-18-7-10(11,12)13/h3-7H2,1-2H3,(H,14,16). The maximum absolute atomic E-state index is 11.9. The summed E-state index contributed by atoms with van der Waals surface area (Å²) in [7, 11) is 0. The van der Waals surface area contributed by atoms with Gasteiger partial charge in [0.15, 0.2) is 0 Å². The Bertz CT molecular complexity index is 364. The van der Waals surface area contributed by atoms with E-state index in [-0.39, 0.29) is 6.61 Å². The van der Waals surface area contributed by atoms with Crippen molar-refractivity contribution in [2.75, 3.05) is 25.1 Å². The highest BCUT2D eigenvalue weighted by molar-refractivity contribution is 5.25. The molecule has 0 aliphatic rings. The Balaban J connectivity index is 2.47. The topological polar surface area (TPSA) is 52.0 Å². The van der Waals surface area contributed by atoms with Gasteiger partial charge in [-0.25, -0.2) is 0 Å². The van der Waals surface area contributed by atoms with E-state index in [9.17, 15) is 13.2 Å². The molecule has 0 saturated carbocycles. The minimum Gasteiger partial charge on any atom is -0.372 e. The summed E-state index contributed by atoms with van der Waals surface area (Å²) in [4.78, 5) is 0. The number of ether oxygens (including phenoxy) is 1. The summed E-state index contributed by atoms with van der Waals surface area (Å²) in [5.41, 5.74) is 0. The zero-order valence-corrected chi connectivity index (χ0v) is 10.4. The molecule has 1 heterocycles. The number of hydrogen-bond acceptors (Lipinski definition) is 4. The monoisotopic (exact) mass is 266 g/mol. The van der Waals surface area contributed by atoms with Crippen LogP contribution in [-0.4, -0.2) is 40.7 Å². The van der Waals surface area contributed by atoms with E-state index >= 15 is 0 Å². The van der Waals surface area contributed by atoms with Crippen molar-refractivity contribution in [3.05, 3.63) is 5.82 Å². The Morgan fingerprint density at radius 1 is 1.28 bits per heavy atom. The lowest BCUT2D eigenvalue weighted by Crippen LogP contribution is -2.18. The highest BCUT2D eigenvalue weighted by Crippen LogP contribution is 2.14. The van der Waals surface area contributed by atoms with Gasteiger partial charge in [0.25, 0.3) is 0 Å². The first kappa shape index (κ1) is 14.7. The molecule has 0 atom stereocenters. The minimum atomic E-state index is -4.28. The van der Waals surface area contributed by atoms with Crippen LogP contribution in [0.3, 0.4) is 0 Å². The van der Waals surface area contributed by atoms with Crippen LogP contribution >= 0.6 is 0 Å². The van der Waals surface area contributed by atoms with Crippen molar-refractivity contribution in [3.8, 4) is 0 Å². The van der Waals surface area contributed by atoms with Crippen LogP contribution in [0.15, 0.2) is 0 Å². The molecule has 104 valence electrons. The molecule has 0 spiro atoms. The molecule has 18 heavy (non-hydrogen) atoms. The number of hydrogen-bond donors (Lipinski definition) is 1. The molecule has 0 radical (unpaired) electrons. The van der Waals surface area contributed by atoms with Gasteiger partial charge in [0, 0.05) is 19.5 Å². The first-order chi connectivity index (χ1) is 8.48. The average Bonchev–Trinajstić information content (AvgIpc) is 2.66. The first-order valence-electron chi connectivity index (χ1n) is 5.78. The number of anilines is 1. The van der Waals surface area contributed by atoms with Gasteiger partial charge in [0.1, 0.15) is 12.4 Å². The SMILES string of the molecule is CCNc1nnc(CCOCC(F)(F)F)n1CC. The zero-order valence-electron chi connectivity index (χ0n) is 10.4. The second-order valence-electron chi connectivity index (χ2n) is 3.63. The molecule has 1 N–H and O–H groups in total. The van der Waals surface area contributed by atoms with Crippen molar-refractivity contribution in [1.82, 2.24) is 14.8 Å². The van der Waals surface area contributed by atoms with Crippen molar-refractivity contribution in [1.29, 1.82) is 0 Å². The van der Waals surface area contributed by atoms with Crippen molar-refractivity contribution in [2.45, 2.75) is 33.0 Å². The molecular weight excluding hydrogens is 249 g/mol. The number of nitrogens with one attached hydrogen (secondary N) is 1. The number of alkyl halides is 3. The third kappa shape index (κ3) is 4.52. The lowest BCUT2D eigenvalue weighted by atomic mass is 10.4. The van der Waals surface area contributed by atoms with E-state index in [0.717, 1.165) is 0 Å². The van der Waals surface area contributed by atoms with Crippen LogP contribution in [-0.2, 0) is 17.7 Å². The molecule has 0 aromatic carbocycles. The Kier molecular flexibility index (Phi) is 5.39. The fourth-order valence-electron chi connectivity index (χ4n) is 1.49. The van der Waals surface area contributed by atoms with Gasteiger partial charge in [-0.2, -0.15) is 13.2 Å². The van der Waals surface area contributed by atoms with E-state index in [2.05, 4.69) is 20.3 Å². The predicted octanol–water partition coefficient (Wildman–Crippen LogP) is 1.85. The van der Waals surface area contributed by atoms with E-state index in [4.69, 9.17) is 0 Å². The highest BCUT2D eigenvalue weighted by atomic mass is 19.4. The van der Waals surface area contributed by atoms with E-state index in [1.807, 2.05) is 18.4 Å². The normalized spacial score (nSPS) is 11.8. The molecule has 0 bridgehead atoms. The quantitative estimate of drug-likeness (QED) is 0.765. The summed E-state index contributed by atoms with van der Waals surface area (Å²) in [6.45, 7) is 3.97. The number of halogens is 3. The van der Waals surface area contributed by atoms with Crippen molar-refractivity contribution < 1.29 is 17.9 Å². The largest absolute Gasteiger partial charge is 0.411 e. The van der Waals surface area contributed by atoms with Gasteiger partial charge in [-0.15, -0.1) is 10.2 Å². The zero-order chi connectivity index (χ0) is 13.6. The maximum Gasteiger partial charge on any atom is 0.411 e. The number of aromatic nitrogens is 3. The molecule has 1 aromatic heterocycles. The lowest BCUT2D eigenvalue weighted by molar-refractivity contribution is -0.173. The first-order valence-corrected chi connectivity index (χ1v) is 5.78. The van der Waals surface area contributed by atoms with Gasteiger partial charge in [-0.3, -0.25) is 4.57 Å². The van der Waals surface area contributed by atoms with E-state index in [1.165, 1.54) is 0 Å². The van der Waals surface area contributed by atoms with Gasteiger partial charge >= 0.3 is 6.18 Å². The summed E-state index contributed by atoms with van der Waals surface area (Å²) >= 11 is 0. The summed E-state index contributed by atoms with van der Waals surface area (Å²) in [6, 6.07) is 0. The third-order valence-corrected chi connectivity index (χ3v) is 2.21. The van der Waals surface area contributed by atoms with Gasteiger partial charge < -0.3 is 10.1 Å². The van der Waals surface area contributed by atoms with Crippen LogP contribution < -0.4 is 5.32 Å². The van der Waals surface area contributed by atoms with Crippen LogP contribution in [0.25, 0.3) is 0 Å². The molecule has 5 nitrogen and oxygen atoms in total. The molecule has 8 heteroatoms. The van der Waals surface area contributed by atoms with Crippen LogP contribution in [0.4, 0.5) is 19.1 Å². The van der Waals surface area contributed by atoms with E-state index < -0.39 is 12.8 Å². The Labute approximate surface area is 103 Å². The van der Waals surface area contributed by atoms with Gasteiger partial charge in [0.05, 0.1) is 6.61 Å². The Hall–Kier alpha value is -1.31. The van der Waals surface area contributed by atoms with Crippen LogP contribution in [0, 0.1) is 0 Å². The minimum absolute atomic E-state index is 0.0240. The average molecular weight is 266 g/mol. The highest BCUT2D eigenvalue weighted by Gasteiger charge is 2.27. The van der Waals surface area contributed by atoms with Gasteiger partial charge in [-0.05, 0) is 13.8 Å². The fraction of sp³-hybridized carbons (Fsp3) is 0.800. The second-order valence-corrected chi connectivity index (χ2v) is 3.63. The second kappa shape index (κ2) is 6.58. The van der Waals surface area contributed by atoms with Crippen LogP contribution in [0.2, 0.25) is 0 Å². The van der Waals surface area contributed by atoms with Crippen molar-refractivity contribution in [3.63, 3.8) is 0 Å². The summed E-state index contributed by atoms with van der Waals surface area (Å²) in [5.74, 6) is 1.25. The molecule has 1 aromatic rings. The molecule has 0 aliphatic heterocycles. The fourth-order valence-corrected chi connectivity index (χ4v) is 1.49. The van der Waals surface area contributed by atoms with E-state index in [0.29, 0.717) is 31.3 Å². The lowest BCUT2D eigenvalue weighted by Gasteiger charge is -2.09. The summed E-state index contributed by atoms with van der Waals surface area (Å²) in [5, 5.41) is 10.9. The van der Waals surface area contributed by atoms with Crippen LogP contribution in [0.1, 0.15) is 19.7 Å². The van der Waals surface area contributed by atoms with Crippen molar-refractivity contribution in [2.24, 2.45) is 0 Å². The number of nitrogens with zero attached hydrogens (tertiary/aromatic N) is 3. The van der Waals surface area contributed by atoms with E-state index in [1.54, 1.807) is 0 Å². The molecule has 0 unspecified atom stereocenters. The molecule has 0 saturated heterocycles. The maximum atomic E-state index is 11.9. The van der Waals surface area contributed by atoms with Gasteiger partial charge in [0.2, 0.25) is 5.95 Å². The number of rotatable bonds is 7. The summed E-state index contributed by atoms with van der Waals surface area (Å²) < 4.78 is 42.0. The molecule has 0 aliphatic carbocycles. The molecule has 0 fully saturated rings.